The molecule has 6 nitrogen and oxygen atoms in total. The van der Waals surface area contributed by atoms with Crippen molar-refractivity contribution < 1.29 is 37.3 Å². The molecular formula is C15H14F3NO5. The summed E-state index contributed by atoms with van der Waals surface area (Å²) in [6.07, 6.45) is -5.46. The number of halogens is 3. The zero-order chi connectivity index (χ0) is 17.5. The predicted octanol–water partition coefficient (Wildman–Crippen LogP) is 3.06. The standard InChI is InChI=1S/C15H14F3NO5/c16-15(17,18)24-11-3-1-2-10-12(11)9(20)8-14(23-10)4-6-19(7-5-14)13(21)22/h1-3H,4-8H2,(H,21,22). The van der Waals surface area contributed by atoms with E-state index >= 15 is 0 Å². The molecule has 1 fully saturated rings. The molecule has 0 saturated carbocycles. The summed E-state index contributed by atoms with van der Waals surface area (Å²) in [5, 5.41) is 8.97. The number of ketones is 1. The normalized spacial score (nSPS) is 19.6. The monoisotopic (exact) mass is 345 g/mol. The fourth-order valence-corrected chi connectivity index (χ4v) is 3.12. The lowest BCUT2D eigenvalue weighted by Crippen LogP contribution is -2.52. The number of piperidine rings is 1. The Balaban J connectivity index is 1.86. The Morgan fingerprint density at radius 1 is 1.29 bits per heavy atom. The van der Waals surface area contributed by atoms with Gasteiger partial charge >= 0.3 is 12.5 Å². The molecule has 0 radical (unpaired) electrons. The van der Waals surface area contributed by atoms with Crippen LogP contribution in [-0.4, -0.2) is 46.9 Å². The van der Waals surface area contributed by atoms with E-state index in [1.165, 1.54) is 17.0 Å². The van der Waals surface area contributed by atoms with Crippen molar-refractivity contribution in [2.24, 2.45) is 0 Å². The number of benzene rings is 1. The number of hydrogen-bond acceptors (Lipinski definition) is 4. The second-order valence-electron chi connectivity index (χ2n) is 5.83. The Labute approximate surface area is 134 Å². The SMILES string of the molecule is O=C1CC2(CCN(C(=O)O)CC2)Oc2cccc(OC(F)(F)F)c21. The molecular weight excluding hydrogens is 331 g/mol. The van der Waals surface area contributed by atoms with Crippen LogP contribution >= 0.6 is 0 Å². The topological polar surface area (TPSA) is 76.1 Å². The quantitative estimate of drug-likeness (QED) is 0.847. The van der Waals surface area contributed by atoms with Crippen LogP contribution in [0.3, 0.4) is 0 Å². The van der Waals surface area contributed by atoms with E-state index in [2.05, 4.69) is 4.74 Å². The van der Waals surface area contributed by atoms with Crippen LogP contribution in [0.25, 0.3) is 0 Å². The largest absolute Gasteiger partial charge is 0.573 e. The third kappa shape index (κ3) is 3.10. The number of Topliss-reactive ketones (excluding diaryl/α,β-unsaturated/α-hetero) is 1. The Bertz CT molecular complexity index is 680. The number of carbonyl (C=O) groups excluding carboxylic acids is 1. The lowest BCUT2D eigenvalue weighted by Gasteiger charge is -2.43. The molecule has 9 heteroatoms. The van der Waals surface area contributed by atoms with Crippen LogP contribution < -0.4 is 9.47 Å². The number of fused-ring (bicyclic) bond motifs is 1. The molecule has 2 aliphatic heterocycles. The molecule has 1 saturated heterocycles. The molecule has 1 amide bonds. The Morgan fingerprint density at radius 2 is 1.96 bits per heavy atom. The maximum absolute atomic E-state index is 12.5. The summed E-state index contributed by atoms with van der Waals surface area (Å²) >= 11 is 0. The van der Waals surface area contributed by atoms with Gasteiger partial charge in [0, 0.05) is 25.9 Å². The van der Waals surface area contributed by atoms with Gasteiger partial charge in [-0.3, -0.25) is 4.79 Å². The average molecular weight is 345 g/mol. The highest BCUT2D eigenvalue weighted by molar-refractivity contribution is 6.03. The van der Waals surface area contributed by atoms with Crippen molar-refractivity contribution in [2.75, 3.05) is 13.1 Å². The first-order valence-corrected chi connectivity index (χ1v) is 7.28. The molecule has 1 aromatic carbocycles. The minimum atomic E-state index is -4.91. The number of rotatable bonds is 1. The van der Waals surface area contributed by atoms with E-state index in [4.69, 9.17) is 9.84 Å². The molecule has 2 aliphatic rings. The van der Waals surface area contributed by atoms with Crippen molar-refractivity contribution in [2.45, 2.75) is 31.2 Å². The fraction of sp³-hybridized carbons (Fsp3) is 0.467. The van der Waals surface area contributed by atoms with E-state index in [9.17, 15) is 22.8 Å². The molecule has 24 heavy (non-hydrogen) atoms. The molecule has 0 aliphatic carbocycles. The van der Waals surface area contributed by atoms with Crippen molar-refractivity contribution >= 4 is 11.9 Å². The zero-order valence-corrected chi connectivity index (χ0v) is 12.4. The van der Waals surface area contributed by atoms with Gasteiger partial charge in [-0.05, 0) is 12.1 Å². The number of ether oxygens (including phenoxy) is 2. The third-order valence-electron chi connectivity index (χ3n) is 4.25. The van der Waals surface area contributed by atoms with Gasteiger partial charge in [-0.1, -0.05) is 6.07 Å². The Hall–Kier alpha value is -2.45. The van der Waals surface area contributed by atoms with Gasteiger partial charge in [0.1, 0.15) is 22.7 Å². The highest BCUT2D eigenvalue weighted by atomic mass is 19.4. The number of alkyl halides is 3. The van der Waals surface area contributed by atoms with E-state index in [1.54, 1.807) is 0 Å². The van der Waals surface area contributed by atoms with Crippen LogP contribution in [0.1, 0.15) is 29.6 Å². The summed E-state index contributed by atoms with van der Waals surface area (Å²) in [7, 11) is 0. The molecule has 1 N–H and O–H groups in total. The number of carboxylic acid groups (broad SMARTS) is 1. The number of hydrogen-bond donors (Lipinski definition) is 1. The predicted molar refractivity (Wildman–Crippen MR) is 74.3 cm³/mol. The molecule has 2 heterocycles. The van der Waals surface area contributed by atoms with E-state index in [-0.39, 0.29) is 30.8 Å². The number of nitrogens with zero attached hydrogens (tertiary/aromatic N) is 1. The number of amides is 1. The fourth-order valence-electron chi connectivity index (χ4n) is 3.12. The van der Waals surface area contributed by atoms with Crippen LogP contribution in [0.5, 0.6) is 11.5 Å². The third-order valence-corrected chi connectivity index (χ3v) is 4.25. The van der Waals surface area contributed by atoms with Crippen molar-refractivity contribution in [1.82, 2.24) is 4.90 Å². The zero-order valence-electron chi connectivity index (χ0n) is 12.4. The first-order valence-electron chi connectivity index (χ1n) is 7.28. The summed E-state index contributed by atoms with van der Waals surface area (Å²) in [5.74, 6) is -1.04. The van der Waals surface area contributed by atoms with Crippen LogP contribution in [0.2, 0.25) is 0 Å². The lowest BCUT2D eigenvalue weighted by atomic mass is 9.82. The van der Waals surface area contributed by atoms with E-state index in [0.717, 1.165) is 6.07 Å². The van der Waals surface area contributed by atoms with E-state index in [1.807, 2.05) is 0 Å². The summed E-state index contributed by atoms with van der Waals surface area (Å²) < 4.78 is 47.1. The lowest BCUT2D eigenvalue weighted by molar-refractivity contribution is -0.274. The van der Waals surface area contributed by atoms with Crippen molar-refractivity contribution in [3.05, 3.63) is 23.8 Å². The minimum absolute atomic E-state index is 0.0387. The van der Waals surface area contributed by atoms with Gasteiger partial charge < -0.3 is 19.5 Å². The van der Waals surface area contributed by atoms with Gasteiger partial charge in [0.25, 0.3) is 0 Å². The van der Waals surface area contributed by atoms with Gasteiger partial charge in [0.15, 0.2) is 5.78 Å². The van der Waals surface area contributed by atoms with Crippen LogP contribution in [-0.2, 0) is 0 Å². The average Bonchev–Trinajstić information content (AvgIpc) is 2.45. The molecule has 0 atom stereocenters. The maximum atomic E-state index is 12.5. The second-order valence-corrected chi connectivity index (χ2v) is 5.83. The van der Waals surface area contributed by atoms with Crippen LogP contribution in [0.4, 0.5) is 18.0 Å². The molecule has 1 spiro atoms. The summed E-state index contributed by atoms with van der Waals surface area (Å²) in [6.45, 7) is 0.410. The van der Waals surface area contributed by atoms with Gasteiger partial charge in [0.05, 0.1) is 6.42 Å². The number of likely N-dealkylation sites (tertiary alicyclic amines) is 1. The van der Waals surface area contributed by atoms with E-state index in [0.29, 0.717) is 12.8 Å². The molecule has 0 bridgehead atoms. The molecule has 1 aromatic rings. The molecule has 3 rings (SSSR count). The summed E-state index contributed by atoms with van der Waals surface area (Å²) in [4.78, 5) is 24.6. The number of carbonyl (C=O) groups is 2. The summed E-state index contributed by atoms with van der Waals surface area (Å²) in [6, 6.07) is 3.80. The van der Waals surface area contributed by atoms with Crippen molar-refractivity contribution in [3.8, 4) is 11.5 Å². The molecule has 0 unspecified atom stereocenters. The molecule has 0 aromatic heterocycles. The summed E-state index contributed by atoms with van der Waals surface area (Å²) in [5.41, 5.74) is -1.10. The van der Waals surface area contributed by atoms with Gasteiger partial charge in [0.2, 0.25) is 0 Å². The van der Waals surface area contributed by atoms with Crippen LogP contribution in [0, 0.1) is 0 Å². The minimum Gasteiger partial charge on any atom is -0.486 e. The highest BCUT2D eigenvalue weighted by Gasteiger charge is 2.45. The van der Waals surface area contributed by atoms with E-state index < -0.39 is 29.6 Å². The van der Waals surface area contributed by atoms with Gasteiger partial charge in [-0.25, -0.2) is 4.79 Å². The van der Waals surface area contributed by atoms with Gasteiger partial charge in [-0.2, -0.15) is 0 Å². The Kier molecular flexibility index (Phi) is 3.81. The second kappa shape index (κ2) is 5.57. The van der Waals surface area contributed by atoms with Crippen molar-refractivity contribution in [1.29, 1.82) is 0 Å². The highest BCUT2D eigenvalue weighted by Crippen LogP contribution is 2.43. The van der Waals surface area contributed by atoms with Gasteiger partial charge in [-0.15, -0.1) is 13.2 Å². The van der Waals surface area contributed by atoms with Crippen LogP contribution in [0.15, 0.2) is 18.2 Å². The molecule has 130 valence electrons. The maximum Gasteiger partial charge on any atom is 0.573 e. The smallest absolute Gasteiger partial charge is 0.486 e. The first kappa shape index (κ1) is 16.4. The van der Waals surface area contributed by atoms with Crippen molar-refractivity contribution in [3.63, 3.8) is 0 Å². The first-order chi connectivity index (χ1) is 11.2. The Morgan fingerprint density at radius 3 is 2.54 bits per heavy atom.